The Morgan fingerprint density at radius 2 is 1.62 bits per heavy atom. The van der Waals surface area contributed by atoms with Crippen LogP contribution in [0.5, 0.6) is 0 Å². The molecule has 6 heteroatoms. The highest BCUT2D eigenvalue weighted by molar-refractivity contribution is 7.89. The molecule has 0 spiro atoms. The maximum absolute atomic E-state index is 10.9. The summed E-state index contributed by atoms with van der Waals surface area (Å²) in [4.78, 5) is 2.27. The Labute approximate surface area is 98.4 Å². The molecule has 2 heterocycles. The molecule has 0 atom stereocenters. The summed E-state index contributed by atoms with van der Waals surface area (Å²) in [6, 6.07) is 0. The van der Waals surface area contributed by atoms with E-state index in [0.717, 1.165) is 39.1 Å². The molecule has 2 fully saturated rings. The molecule has 0 aromatic carbocycles. The molecule has 5 nitrogen and oxygen atoms in total. The normalized spacial score (nSPS) is 26.9. The number of hydrogen-bond donors (Lipinski definition) is 0. The van der Waals surface area contributed by atoms with Crippen LogP contribution in [-0.2, 0) is 14.8 Å². The van der Waals surface area contributed by atoms with E-state index < -0.39 is 10.0 Å². The zero-order valence-electron chi connectivity index (χ0n) is 10.2. The summed E-state index contributed by atoms with van der Waals surface area (Å²) in [5.74, 6) is 0.337. The van der Waals surface area contributed by atoms with Crippen molar-refractivity contribution in [3.05, 3.63) is 0 Å². The molecule has 0 unspecified atom stereocenters. The van der Waals surface area contributed by atoms with Crippen LogP contribution < -0.4 is 0 Å². The minimum Gasteiger partial charge on any atom is -0.379 e. The molecule has 16 heavy (non-hydrogen) atoms. The average molecular weight is 250 g/mol. The van der Waals surface area contributed by atoms with E-state index in [1.54, 1.807) is 7.05 Å². The lowest BCUT2D eigenvalue weighted by Crippen LogP contribution is -2.34. The van der Waals surface area contributed by atoms with Gasteiger partial charge < -0.3 is 9.64 Å². The third kappa shape index (κ3) is 4.78. The highest BCUT2D eigenvalue weighted by Crippen LogP contribution is 2.09. The summed E-state index contributed by atoms with van der Waals surface area (Å²) in [5.41, 5.74) is 0. The quantitative estimate of drug-likeness (QED) is 0.607. The number of morpholine rings is 1. The fourth-order valence-corrected chi connectivity index (χ4v) is 2.86. The fourth-order valence-electron chi connectivity index (χ4n) is 1.57. The van der Waals surface area contributed by atoms with Gasteiger partial charge in [-0.05, 0) is 19.9 Å². The number of hydrogen-bond acceptors (Lipinski definition) is 4. The molecule has 0 aromatic rings. The van der Waals surface area contributed by atoms with Crippen LogP contribution in [-0.4, -0.2) is 70.3 Å². The molecule has 2 aliphatic rings. The van der Waals surface area contributed by atoms with Crippen molar-refractivity contribution in [1.29, 1.82) is 0 Å². The van der Waals surface area contributed by atoms with Crippen LogP contribution in [0.15, 0.2) is 0 Å². The van der Waals surface area contributed by atoms with Gasteiger partial charge in [0.2, 0.25) is 10.0 Å². The van der Waals surface area contributed by atoms with Gasteiger partial charge in [0.25, 0.3) is 0 Å². The maximum Gasteiger partial charge on any atom is 0.213 e. The van der Waals surface area contributed by atoms with Crippen molar-refractivity contribution in [2.45, 2.75) is 12.8 Å². The molecule has 2 aliphatic heterocycles. The topological polar surface area (TPSA) is 49.9 Å². The summed E-state index contributed by atoms with van der Waals surface area (Å²) in [6.45, 7) is 4.72. The Balaban J connectivity index is 0.000000165. The van der Waals surface area contributed by atoms with E-state index in [1.807, 2.05) is 0 Å². The summed E-state index contributed by atoms with van der Waals surface area (Å²) in [5, 5.41) is 0. The van der Waals surface area contributed by atoms with Crippen molar-refractivity contribution in [3.8, 4) is 0 Å². The Hall–Kier alpha value is -0.170. The predicted molar refractivity (Wildman–Crippen MR) is 64.0 cm³/mol. The Morgan fingerprint density at radius 3 is 1.94 bits per heavy atom. The smallest absolute Gasteiger partial charge is 0.213 e. The molecule has 0 saturated carbocycles. The first kappa shape index (κ1) is 13.9. The zero-order chi connectivity index (χ0) is 12.0. The van der Waals surface area contributed by atoms with Crippen molar-refractivity contribution in [2.75, 3.05) is 52.7 Å². The first-order valence-electron chi connectivity index (χ1n) is 5.73. The molecule has 2 rings (SSSR count). The molecule has 96 valence electrons. The van der Waals surface area contributed by atoms with E-state index in [0.29, 0.717) is 12.3 Å². The third-order valence-electron chi connectivity index (χ3n) is 2.83. The maximum atomic E-state index is 10.9. The van der Waals surface area contributed by atoms with Crippen molar-refractivity contribution in [2.24, 2.45) is 0 Å². The molecule has 2 saturated heterocycles. The van der Waals surface area contributed by atoms with E-state index >= 15 is 0 Å². The van der Waals surface area contributed by atoms with Gasteiger partial charge in [-0.3, -0.25) is 0 Å². The highest BCUT2D eigenvalue weighted by atomic mass is 32.2. The second-order valence-corrected chi connectivity index (χ2v) is 6.46. The molecular weight excluding hydrogens is 228 g/mol. The summed E-state index contributed by atoms with van der Waals surface area (Å²) in [7, 11) is 0.919. The molecule has 0 aromatic heterocycles. The van der Waals surface area contributed by atoms with Crippen LogP contribution in [0.4, 0.5) is 0 Å². The zero-order valence-corrected chi connectivity index (χ0v) is 11.0. The monoisotopic (exact) mass is 250 g/mol. The van der Waals surface area contributed by atoms with Crippen LogP contribution >= 0.6 is 0 Å². The van der Waals surface area contributed by atoms with Crippen molar-refractivity contribution in [1.82, 2.24) is 9.21 Å². The fraction of sp³-hybridized carbons (Fsp3) is 1.00. The van der Waals surface area contributed by atoms with E-state index in [-0.39, 0.29) is 0 Å². The van der Waals surface area contributed by atoms with Crippen LogP contribution in [0.25, 0.3) is 0 Å². The van der Waals surface area contributed by atoms with Crippen molar-refractivity contribution < 1.29 is 13.2 Å². The van der Waals surface area contributed by atoms with Gasteiger partial charge in [0.05, 0.1) is 19.0 Å². The van der Waals surface area contributed by atoms with Crippen LogP contribution in [0.2, 0.25) is 0 Å². The minimum atomic E-state index is -2.83. The lowest BCUT2D eigenvalue weighted by Gasteiger charge is -2.21. The number of ether oxygens (including phenoxy) is 1. The van der Waals surface area contributed by atoms with E-state index in [1.165, 1.54) is 4.31 Å². The van der Waals surface area contributed by atoms with Crippen molar-refractivity contribution in [3.63, 3.8) is 0 Å². The number of nitrogens with zero attached hydrogens (tertiary/aromatic N) is 2. The van der Waals surface area contributed by atoms with Gasteiger partial charge in [-0.15, -0.1) is 0 Å². The second-order valence-electron chi connectivity index (χ2n) is 4.26. The third-order valence-corrected chi connectivity index (χ3v) is 4.77. The Morgan fingerprint density at radius 1 is 1.00 bits per heavy atom. The van der Waals surface area contributed by atoms with E-state index in [4.69, 9.17) is 4.74 Å². The number of sulfonamides is 1. The molecule has 0 bridgehead atoms. The minimum absolute atomic E-state index is 0.337. The summed E-state index contributed by atoms with van der Waals surface area (Å²) < 4.78 is 28.3. The number of rotatable bonds is 0. The predicted octanol–water partition coefficient (Wildman–Crippen LogP) is -0.00980. The lowest BCUT2D eigenvalue weighted by atomic mass is 10.3. The SMILES string of the molecule is CN1CCCCS1(=O)=O.CN1CCOCC1. The van der Waals surface area contributed by atoms with Crippen molar-refractivity contribution >= 4 is 10.0 Å². The molecule has 0 radical (unpaired) electrons. The van der Waals surface area contributed by atoms with Gasteiger partial charge in [-0.2, -0.15) is 0 Å². The van der Waals surface area contributed by atoms with Crippen LogP contribution in [0.1, 0.15) is 12.8 Å². The van der Waals surface area contributed by atoms with Gasteiger partial charge in [0.15, 0.2) is 0 Å². The largest absolute Gasteiger partial charge is 0.379 e. The first-order chi connectivity index (χ1) is 7.52. The highest BCUT2D eigenvalue weighted by Gasteiger charge is 2.20. The van der Waals surface area contributed by atoms with Gasteiger partial charge >= 0.3 is 0 Å². The average Bonchev–Trinajstić information content (AvgIpc) is 2.24. The van der Waals surface area contributed by atoms with E-state index in [9.17, 15) is 8.42 Å². The van der Waals surface area contributed by atoms with Gasteiger partial charge in [-0.25, -0.2) is 12.7 Å². The van der Waals surface area contributed by atoms with Gasteiger partial charge in [-0.1, -0.05) is 0 Å². The van der Waals surface area contributed by atoms with Crippen LogP contribution in [0.3, 0.4) is 0 Å². The Kier molecular flexibility index (Phi) is 5.68. The molecular formula is C10H22N2O3S. The molecule has 0 amide bonds. The van der Waals surface area contributed by atoms with E-state index in [2.05, 4.69) is 11.9 Å². The molecule has 0 N–H and O–H groups in total. The first-order valence-corrected chi connectivity index (χ1v) is 7.33. The number of likely N-dealkylation sites (N-methyl/N-ethyl adjacent to an activating group) is 1. The van der Waals surface area contributed by atoms with Crippen LogP contribution in [0, 0.1) is 0 Å². The standard InChI is InChI=1S/C5H11NO2S.C5H11NO/c1-6-4-2-3-5-9(6,7)8;1-6-2-4-7-5-3-6/h2-5H2,1H3;2-5H2,1H3. The summed E-state index contributed by atoms with van der Waals surface area (Å²) >= 11 is 0. The molecule has 0 aliphatic carbocycles. The lowest BCUT2D eigenvalue weighted by molar-refractivity contribution is 0.0503. The second kappa shape index (κ2) is 6.54. The van der Waals surface area contributed by atoms with Gasteiger partial charge in [0.1, 0.15) is 0 Å². The Bertz CT molecular complexity index is 286. The summed E-state index contributed by atoms with van der Waals surface area (Å²) in [6.07, 6.45) is 1.84. The van der Waals surface area contributed by atoms with Gasteiger partial charge in [0, 0.05) is 26.7 Å².